The Morgan fingerprint density at radius 1 is 1.06 bits per heavy atom. The average molecular weight is 444 g/mol. The maximum absolute atomic E-state index is 13.1. The number of rotatable bonds is 7. The van der Waals surface area contributed by atoms with Crippen LogP contribution in [-0.4, -0.2) is 62.8 Å². The first-order valence-electron chi connectivity index (χ1n) is 10.7. The van der Waals surface area contributed by atoms with Crippen molar-refractivity contribution in [2.45, 2.75) is 30.2 Å². The molecule has 3 atom stereocenters. The van der Waals surface area contributed by atoms with E-state index in [2.05, 4.69) is 10.6 Å². The second-order valence-corrected chi connectivity index (χ2v) is 10.2. The summed E-state index contributed by atoms with van der Waals surface area (Å²) in [5.41, 5.74) is 2.15. The van der Waals surface area contributed by atoms with Gasteiger partial charge >= 0.3 is 0 Å². The molecule has 1 amide bonds. The molecule has 166 valence electrons. The third kappa shape index (κ3) is 5.33. The Bertz CT molecular complexity index is 963. The van der Waals surface area contributed by atoms with Crippen LogP contribution in [0.4, 0.5) is 0 Å². The molecule has 2 saturated heterocycles. The Hall–Kier alpha value is -2.26. The lowest BCUT2D eigenvalue weighted by Crippen LogP contribution is -2.45. The number of ether oxygens (including phenoxy) is 1. The molecule has 2 aliphatic rings. The number of sulfonamides is 1. The molecular formula is C23H29N3O4S. The lowest BCUT2D eigenvalue weighted by atomic mass is 9.98. The van der Waals surface area contributed by atoms with Gasteiger partial charge < -0.3 is 15.4 Å². The molecule has 0 aliphatic carbocycles. The number of benzene rings is 2. The van der Waals surface area contributed by atoms with Crippen LogP contribution in [0, 0.1) is 0 Å². The zero-order valence-corrected chi connectivity index (χ0v) is 18.3. The summed E-state index contributed by atoms with van der Waals surface area (Å²) < 4.78 is 32.6. The van der Waals surface area contributed by atoms with E-state index in [1.807, 2.05) is 60.7 Å². The average Bonchev–Trinajstić information content (AvgIpc) is 3.32. The van der Waals surface area contributed by atoms with Gasteiger partial charge in [0.05, 0.1) is 30.5 Å². The Kier molecular flexibility index (Phi) is 7.02. The predicted octanol–water partition coefficient (Wildman–Crippen LogP) is 1.48. The van der Waals surface area contributed by atoms with Gasteiger partial charge in [0.2, 0.25) is 15.9 Å². The van der Waals surface area contributed by atoms with Crippen molar-refractivity contribution in [1.29, 1.82) is 0 Å². The first kappa shape index (κ1) is 22.0. The normalized spacial score (nSPS) is 23.4. The van der Waals surface area contributed by atoms with Crippen LogP contribution in [0.2, 0.25) is 0 Å². The summed E-state index contributed by atoms with van der Waals surface area (Å²) in [5, 5.41) is 5.68. The zero-order chi connectivity index (χ0) is 21.7. The molecular weight excluding hydrogens is 414 g/mol. The lowest BCUT2D eigenvalue weighted by molar-refractivity contribution is -0.123. The van der Waals surface area contributed by atoms with Crippen molar-refractivity contribution in [1.82, 2.24) is 14.9 Å². The minimum Gasteiger partial charge on any atom is -0.379 e. The van der Waals surface area contributed by atoms with E-state index in [0.29, 0.717) is 32.7 Å². The van der Waals surface area contributed by atoms with Gasteiger partial charge in [0, 0.05) is 19.6 Å². The molecule has 0 saturated carbocycles. The second kappa shape index (κ2) is 9.91. The molecule has 2 heterocycles. The maximum atomic E-state index is 13.1. The fourth-order valence-corrected chi connectivity index (χ4v) is 6.02. The number of hydrogen-bond acceptors (Lipinski definition) is 5. The summed E-state index contributed by atoms with van der Waals surface area (Å²) in [7, 11) is -3.45. The molecule has 3 unspecified atom stereocenters. The van der Waals surface area contributed by atoms with Crippen LogP contribution in [0.15, 0.2) is 60.7 Å². The Morgan fingerprint density at radius 2 is 1.71 bits per heavy atom. The van der Waals surface area contributed by atoms with E-state index in [-0.39, 0.29) is 24.9 Å². The van der Waals surface area contributed by atoms with Gasteiger partial charge in [-0.3, -0.25) is 4.79 Å². The number of morpholine rings is 1. The molecule has 0 radical (unpaired) electrons. The van der Waals surface area contributed by atoms with Gasteiger partial charge in [-0.25, -0.2) is 8.42 Å². The molecule has 2 aliphatic heterocycles. The molecule has 4 rings (SSSR count). The van der Waals surface area contributed by atoms with Gasteiger partial charge in [0.15, 0.2) is 0 Å². The summed E-state index contributed by atoms with van der Waals surface area (Å²) in [6.45, 7) is 1.88. The number of carbonyl (C=O) groups is 1. The topological polar surface area (TPSA) is 87.7 Å². The molecule has 0 aromatic heterocycles. The number of hydrogen-bond donors (Lipinski definition) is 2. The van der Waals surface area contributed by atoms with Gasteiger partial charge in [0.1, 0.15) is 0 Å². The summed E-state index contributed by atoms with van der Waals surface area (Å²) >= 11 is 0. The van der Waals surface area contributed by atoms with E-state index in [0.717, 1.165) is 11.1 Å². The summed E-state index contributed by atoms with van der Waals surface area (Å²) in [4.78, 5) is 13.1. The minimum absolute atomic E-state index is 0.163. The van der Waals surface area contributed by atoms with E-state index >= 15 is 0 Å². The van der Waals surface area contributed by atoms with E-state index in [9.17, 15) is 13.2 Å². The minimum atomic E-state index is -3.45. The molecule has 8 heteroatoms. The van der Waals surface area contributed by atoms with Crippen LogP contribution in [-0.2, 0) is 26.0 Å². The smallest absolute Gasteiger partial charge is 0.237 e. The molecule has 7 nitrogen and oxygen atoms in total. The highest BCUT2D eigenvalue weighted by atomic mass is 32.2. The van der Waals surface area contributed by atoms with Crippen molar-refractivity contribution in [2.24, 2.45) is 0 Å². The monoisotopic (exact) mass is 443 g/mol. The Morgan fingerprint density at radius 3 is 2.39 bits per heavy atom. The SMILES string of the molecule is O=C(NC(Cc1ccccc1)c1ccccc1)C1CC(S(=O)(=O)N2CCOCC2)CN1. The van der Waals surface area contributed by atoms with Crippen molar-refractivity contribution >= 4 is 15.9 Å². The summed E-state index contributed by atoms with van der Waals surface area (Å²) in [6.07, 6.45) is 0.942. The zero-order valence-electron chi connectivity index (χ0n) is 17.4. The van der Waals surface area contributed by atoms with Crippen LogP contribution in [0.1, 0.15) is 23.6 Å². The van der Waals surface area contributed by atoms with E-state index in [1.54, 1.807) is 0 Å². The van der Waals surface area contributed by atoms with Gasteiger partial charge in [0.25, 0.3) is 0 Å². The fraction of sp³-hybridized carbons (Fsp3) is 0.435. The number of carbonyl (C=O) groups excluding carboxylic acids is 1. The highest BCUT2D eigenvalue weighted by Gasteiger charge is 2.41. The number of nitrogens with one attached hydrogen (secondary N) is 2. The van der Waals surface area contributed by atoms with Gasteiger partial charge in [-0.15, -0.1) is 0 Å². The molecule has 2 N–H and O–H groups in total. The van der Waals surface area contributed by atoms with Crippen molar-refractivity contribution < 1.29 is 17.9 Å². The van der Waals surface area contributed by atoms with E-state index < -0.39 is 21.3 Å². The van der Waals surface area contributed by atoms with E-state index in [4.69, 9.17) is 4.74 Å². The molecule has 0 spiro atoms. The quantitative estimate of drug-likeness (QED) is 0.677. The first-order chi connectivity index (χ1) is 15.0. The first-order valence-corrected chi connectivity index (χ1v) is 12.2. The molecule has 31 heavy (non-hydrogen) atoms. The highest BCUT2D eigenvalue weighted by molar-refractivity contribution is 7.89. The van der Waals surface area contributed by atoms with Gasteiger partial charge in [-0.05, 0) is 24.0 Å². The number of amides is 1. The van der Waals surface area contributed by atoms with Crippen molar-refractivity contribution in [3.63, 3.8) is 0 Å². The fourth-order valence-electron chi connectivity index (χ4n) is 4.20. The van der Waals surface area contributed by atoms with Crippen molar-refractivity contribution in [3.8, 4) is 0 Å². The van der Waals surface area contributed by atoms with Crippen LogP contribution in [0.25, 0.3) is 0 Å². The lowest BCUT2D eigenvalue weighted by Gasteiger charge is -2.28. The molecule has 2 aromatic rings. The maximum Gasteiger partial charge on any atom is 0.237 e. The van der Waals surface area contributed by atoms with Gasteiger partial charge in [-0.1, -0.05) is 60.7 Å². The van der Waals surface area contributed by atoms with E-state index in [1.165, 1.54) is 4.31 Å². The number of nitrogens with zero attached hydrogens (tertiary/aromatic N) is 1. The highest BCUT2D eigenvalue weighted by Crippen LogP contribution is 2.22. The third-order valence-corrected chi connectivity index (χ3v) is 8.25. The van der Waals surface area contributed by atoms with Crippen LogP contribution >= 0.6 is 0 Å². The van der Waals surface area contributed by atoms with Crippen LogP contribution in [0.3, 0.4) is 0 Å². The third-order valence-electron chi connectivity index (χ3n) is 5.96. The van der Waals surface area contributed by atoms with Crippen LogP contribution < -0.4 is 10.6 Å². The van der Waals surface area contributed by atoms with Crippen LogP contribution in [0.5, 0.6) is 0 Å². The molecule has 0 bridgehead atoms. The predicted molar refractivity (Wildman–Crippen MR) is 119 cm³/mol. The van der Waals surface area contributed by atoms with Gasteiger partial charge in [-0.2, -0.15) is 4.31 Å². The Labute approximate surface area is 183 Å². The Balaban J connectivity index is 1.43. The molecule has 2 aromatic carbocycles. The van der Waals surface area contributed by atoms with Crippen molar-refractivity contribution in [2.75, 3.05) is 32.8 Å². The second-order valence-electron chi connectivity index (χ2n) is 8.04. The summed E-state index contributed by atoms with van der Waals surface area (Å²) in [6, 6.07) is 19.2. The largest absolute Gasteiger partial charge is 0.379 e. The summed E-state index contributed by atoms with van der Waals surface area (Å²) in [5.74, 6) is -0.163. The standard InChI is InChI=1S/C23H29N3O4S/c27-23(22-16-20(17-24-22)31(28,29)26-11-13-30-14-12-26)25-21(19-9-5-2-6-10-19)15-18-7-3-1-4-8-18/h1-10,20-22,24H,11-17H2,(H,25,27). The molecule has 2 fully saturated rings. The van der Waals surface area contributed by atoms with Crippen molar-refractivity contribution in [3.05, 3.63) is 71.8 Å².